The van der Waals surface area contributed by atoms with Crippen LogP contribution in [-0.2, 0) is 4.79 Å². The lowest BCUT2D eigenvalue weighted by molar-refractivity contribution is -0.131. The first-order valence-corrected chi connectivity index (χ1v) is 6.09. The zero-order valence-electron chi connectivity index (χ0n) is 10.2. The fourth-order valence-electron chi connectivity index (χ4n) is 1.99. The van der Waals surface area contributed by atoms with Crippen LogP contribution in [0, 0.1) is 0 Å². The van der Waals surface area contributed by atoms with Crippen LogP contribution in [0.3, 0.4) is 0 Å². The molecule has 18 heavy (non-hydrogen) atoms. The molecular weight excluding hydrogens is 232 g/mol. The van der Waals surface area contributed by atoms with Gasteiger partial charge in [-0.15, -0.1) is 0 Å². The average molecular weight is 250 g/mol. The van der Waals surface area contributed by atoms with Gasteiger partial charge in [0.25, 0.3) is 0 Å². The number of ether oxygens (including phenoxy) is 1. The maximum atomic E-state index is 11.8. The Hall–Kier alpha value is -1.75. The fraction of sp³-hybridized carbons (Fsp3) is 0.462. The van der Waals surface area contributed by atoms with Crippen LogP contribution in [0.4, 0.5) is 5.69 Å². The molecule has 1 unspecified atom stereocenters. The number of nitrogen functional groups attached to an aromatic ring is 1. The predicted octanol–water partition coefficient (Wildman–Crippen LogP) is 0.631. The number of nitrogens with two attached hydrogens (primary N) is 1. The number of nitrogens with zero attached hydrogens (tertiary/aromatic N) is 1. The van der Waals surface area contributed by atoms with Gasteiger partial charge in [0.2, 0.25) is 5.91 Å². The van der Waals surface area contributed by atoms with Crippen LogP contribution in [0.5, 0.6) is 5.75 Å². The van der Waals surface area contributed by atoms with Gasteiger partial charge in [-0.3, -0.25) is 4.79 Å². The van der Waals surface area contributed by atoms with Gasteiger partial charge < -0.3 is 20.5 Å². The van der Waals surface area contributed by atoms with Crippen LogP contribution in [0.1, 0.15) is 12.8 Å². The van der Waals surface area contributed by atoms with Crippen LogP contribution in [-0.4, -0.2) is 41.7 Å². The van der Waals surface area contributed by atoms with Gasteiger partial charge in [-0.25, -0.2) is 0 Å². The summed E-state index contributed by atoms with van der Waals surface area (Å²) in [5.74, 6) is 0.694. The lowest BCUT2D eigenvalue weighted by atomic mass is 10.3. The maximum Gasteiger partial charge on any atom is 0.226 e. The van der Waals surface area contributed by atoms with Crippen molar-refractivity contribution in [3.8, 4) is 5.75 Å². The van der Waals surface area contributed by atoms with Gasteiger partial charge in [0, 0.05) is 24.8 Å². The van der Waals surface area contributed by atoms with Gasteiger partial charge in [0.15, 0.2) is 0 Å². The summed E-state index contributed by atoms with van der Waals surface area (Å²) >= 11 is 0. The van der Waals surface area contributed by atoms with Crippen molar-refractivity contribution in [1.82, 2.24) is 4.90 Å². The molecule has 1 aromatic carbocycles. The van der Waals surface area contributed by atoms with Crippen molar-refractivity contribution in [3.05, 3.63) is 24.3 Å². The summed E-state index contributed by atoms with van der Waals surface area (Å²) in [5, 5.41) is 9.34. The molecule has 1 aliphatic heterocycles. The number of benzene rings is 1. The van der Waals surface area contributed by atoms with E-state index in [4.69, 9.17) is 10.5 Å². The van der Waals surface area contributed by atoms with Gasteiger partial charge in [-0.1, -0.05) is 6.07 Å². The molecule has 0 aliphatic carbocycles. The molecule has 98 valence electrons. The number of amides is 1. The van der Waals surface area contributed by atoms with Crippen LogP contribution in [0.15, 0.2) is 24.3 Å². The highest BCUT2D eigenvalue weighted by Crippen LogP contribution is 2.15. The minimum Gasteiger partial charge on any atom is -0.493 e. The lowest BCUT2D eigenvalue weighted by Gasteiger charge is -2.15. The first kappa shape index (κ1) is 12.7. The van der Waals surface area contributed by atoms with Gasteiger partial charge in [0.1, 0.15) is 5.75 Å². The number of rotatable bonds is 4. The van der Waals surface area contributed by atoms with Gasteiger partial charge >= 0.3 is 0 Å². The van der Waals surface area contributed by atoms with Gasteiger partial charge in [-0.2, -0.15) is 0 Å². The van der Waals surface area contributed by atoms with Crippen molar-refractivity contribution < 1.29 is 14.6 Å². The highest BCUT2D eigenvalue weighted by Gasteiger charge is 2.23. The molecule has 0 spiro atoms. The number of anilines is 1. The third-order valence-corrected chi connectivity index (χ3v) is 2.96. The monoisotopic (exact) mass is 250 g/mol. The molecule has 2 rings (SSSR count). The second-order valence-corrected chi connectivity index (χ2v) is 4.45. The summed E-state index contributed by atoms with van der Waals surface area (Å²) in [6, 6.07) is 7.12. The zero-order valence-corrected chi connectivity index (χ0v) is 10.2. The number of aliphatic hydroxyl groups excluding tert-OH is 1. The Bertz CT molecular complexity index is 422. The third-order valence-electron chi connectivity index (χ3n) is 2.96. The van der Waals surface area contributed by atoms with Crippen LogP contribution in [0.2, 0.25) is 0 Å². The van der Waals surface area contributed by atoms with E-state index in [9.17, 15) is 9.90 Å². The molecule has 0 radical (unpaired) electrons. The van der Waals surface area contributed by atoms with E-state index < -0.39 is 0 Å². The first-order chi connectivity index (χ1) is 8.65. The molecule has 1 fully saturated rings. The number of carbonyl (C=O) groups is 1. The number of hydrogen-bond donors (Lipinski definition) is 2. The minimum absolute atomic E-state index is 0.0236. The third kappa shape index (κ3) is 3.37. The average Bonchev–Trinajstić information content (AvgIpc) is 2.76. The topological polar surface area (TPSA) is 75.8 Å². The standard InChI is InChI=1S/C13H18N2O3/c14-10-2-1-3-12(8-10)18-7-5-13(17)15-6-4-11(16)9-15/h1-3,8,11,16H,4-7,9,14H2. The fourth-order valence-corrected chi connectivity index (χ4v) is 1.99. The van der Waals surface area contributed by atoms with E-state index in [1.807, 2.05) is 6.07 Å². The molecule has 1 atom stereocenters. The number of likely N-dealkylation sites (tertiary alicyclic amines) is 1. The van der Waals surface area contributed by atoms with E-state index in [-0.39, 0.29) is 12.0 Å². The molecule has 3 N–H and O–H groups in total. The van der Waals surface area contributed by atoms with E-state index in [0.29, 0.717) is 44.0 Å². The van der Waals surface area contributed by atoms with Gasteiger partial charge in [0.05, 0.1) is 19.1 Å². The molecule has 1 heterocycles. The molecule has 1 aliphatic rings. The van der Waals surface area contributed by atoms with Crippen LogP contribution in [0.25, 0.3) is 0 Å². The van der Waals surface area contributed by atoms with Crippen molar-refractivity contribution in [2.75, 3.05) is 25.4 Å². The maximum absolute atomic E-state index is 11.8. The highest BCUT2D eigenvalue weighted by atomic mass is 16.5. The van der Waals surface area contributed by atoms with E-state index in [1.54, 1.807) is 23.1 Å². The Morgan fingerprint density at radius 1 is 1.56 bits per heavy atom. The molecule has 5 heteroatoms. The minimum atomic E-state index is -0.371. The summed E-state index contributed by atoms with van der Waals surface area (Å²) in [5.41, 5.74) is 6.26. The van der Waals surface area contributed by atoms with E-state index in [2.05, 4.69) is 0 Å². The summed E-state index contributed by atoms with van der Waals surface area (Å²) < 4.78 is 5.45. The van der Waals surface area contributed by atoms with Crippen molar-refractivity contribution >= 4 is 11.6 Å². The second-order valence-electron chi connectivity index (χ2n) is 4.45. The summed E-state index contributed by atoms with van der Waals surface area (Å²) in [7, 11) is 0. The van der Waals surface area contributed by atoms with E-state index in [1.165, 1.54) is 0 Å². The Balaban J connectivity index is 1.73. The Morgan fingerprint density at radius 2 is 2.39 bits per heavy atom. The molecule has 0 aromatic heterocycles. The van der Waals surface area contributed by atoms with Crippen LogP contribution >= 0.6 is 0 Å². The normalized spacial score (nSPS) is 18.9. The van der Waals surface area contributed by atoms with Crippen LogP contribution < -0.4 is 10.5 Å². The van der Waals surface area contributed by atoms with Crippen molar-refractivity contribution in [2.24, 2.45) is 0 Å². The molecule has 1 amide bonds. The molecule has 5 nitrogen and oxygen atoms in total. The zero-order chi connectivity index (χ0) is 13.0. The molecular formula is C13H18N2O3. The summed E-state index contributed by atoms with van der Waals surface area (Å²) in [4.78, 5) is 13.4. The molecule has 0 saturated carbocycles. The number of aliphatic hydroxyl groups is 1. The first-order valence-electron chi connectivity index (χ1n) is 6.09. The Morgan fingerprint density at radius 3 is 3.06 bits per heavy atom. The van der Waals surface area contributed by atoms with Crippen molar-refractivity contribution in [1.29, 1.82) is 0 Å². The predicted molar refractivity (Wildman–Crippen MR) is 68.2 cm³/mol. The largest absolute Gasteiger partial charge is 0.493 e. The number of β-amino-alcohol motifs (C(OH)–C–C–N with tert-alkyl or cyclic N) is 1. The van der Waals surface area contributed by atoms with E-state index >= 15 is 0 Å². The molecule has 1 saturated heterocycles. The lowest BCUT2D eigenvalue weighted by Crippen LogP contribution is -2.30. The Labute approximate surface area is 106 Å². The SMILES string of the molecule is Nc1cccc(OCCC(=O)N2CCC(O)C2)c1. The van der Waals surface area contributed by atoms with Crippen molar-refractivity contribution in [2.45, 2.75) is 18.9 Å². The number of hydrogen-bond acceptors (Lipinski definition) is 4. The quantitative estimate of drug-likeness (QED) is 0.769. The van der Waals surface area contributed by atoms with Gasteiger partial charge in [-0.05, 0) is 18.6 Å². The smallest absolute Gasteiger partial charge is 0.226 e. The van der Waals surface area contributed by atoms with E-state index in [0.717, 1.165) is 0 Å². The highest BCUT2D eigenvalue weighted by molar-refractivity contribution is 5.76. The summed E-state index contributed by atoms with van der Waals surface area (Å²) in [6.45, 7) is 1.41. The molecule has 1 aromatic rings. The summed E-state index contributed by atoms with van der Waals surface area (Å²) in [6.07, 6.45) is 0.618. The van der Waals surface area contributed by atoms with Crippen molar-refractivity contribution in [3.63, 3.8) is 0 Å². The second kappa shape index (κ2) is 5.73. The Kier molecular flexibility index (Phi) is 4.04. The molecule has 0 bridgehead atoms. The number of carbonyl (C=O) groups excluding carboxylic acids is 1.